The number of para-hydroxylation sites is 3. The molecular weight excluding hydrogens is 284 g/mol. The van der Waals surface area contributed by atoms with Crippen LogP contribution in [0.2, 0.25) is 0 Å². The quantitative estimate of drug-likeness (QED) is 0.853. The predicted octanol–water partition coefficient (Wildman–Crippen LogP) is 3.12. The standard InChI is InChI=1S/C16H16N2O2S/c1-19-15-9-5-3-7-12(15)17-16(21)18-13-10-20-14-8-4-2-6-11(13)14/h2-9,13H,10H2,1H3,(H2,17,18,21). The Morgan fingerprint density at radius 1 is 1.19 bits per heavy atom. The van der Waals surface area contributed by atoms with Gasteiger partial charge in [0.25, 0.3) is 0 Å². The average Bonchev–Trinajstić information content (AvgIpc) is 2.91. The summed E-state index contributed by atoms with van der Waals surface area (Å²) in [6.07, 6.45) is 0. The molecule has 0 saturated heterocycles. The largest absolute Gasteiger partial charge is 0.495 e. The van der Waals surface area contributed by atoms with Gasteiger partial charge >= 0.3 is 0 Å². The van der Waals surface area contributed by atoms with E-state index in [2.05, 4.69) is 10.6 Å². The molecule has 1 unspecified atom stereocenters. The summed E-state index contributed by atoms with van der Waals surface area (Å²) in [5.41, 5.74) is 1.96. The summed E-state index contributed by atoms with van der Waals surface area (Å²) >= 11 is 5.38. The van der Waals surface area contributed by atoms with E-state index in [-0.39, 0.29) is 6.04 Å². The molecule has 0 aromatic heterocycles. The van der Waals surface area contributed by atoms with Crippen LogP contribution in [0.3, 0.4) is 0 Å². The van der Waals surface area contributed by atoms with Crippen LogP contribution in [-0.2, 0) is 0 Å². The number of anilines is 1. The Balaban J connectivity index is 1.68. The Kier molecular flexibility index (Phi) is 3.92. The SMILES string of the molecule is COc1ccccc1NC(=S)NC1COc2ccccc21. The highest BCUT2D eigenvalue weighted by Gasteiger charge is 2.24. The van der Waals surface area contributed by atoms with Crippen molar-refractivity contribution in [1.29, 1.82) is 0 Å². The van der Waals surface area contributed by atoms with Crippen molar-refractivity contribution in [1.82, 2.24) is 5.32 Å². The van der Waals surface area contributed by atoms with Gasteiger partial charge in [-0.05, 0) is 30.4 Å². The summed E-state index contributed by atoms with van der Waals surface area (Å²) in [5, 5.41) is 6.98. The molecule has 1 aliphatic rings. The Morgan fingerprint density at radius 3 is 2.81 bits per heavy atom. The van der Waals surface area contributed by atoms with E-state index in [1.807, 2.05) is 48.5 Å². The van der Waals surface area contributed by atoms with Gasteiger partial charge in [-0.3, -0.25) is 0 Å². The number of methoxy groups -OCH3 is 1. The van der Waals surface area contributed by atoms with E-state index in [4.69, 9.17) is 21.7 Å². The van der Waals surface area contributed by atoms with E-state index in [1.54, 1.807) is 7.11 Å². The highest BCUT2D eigenvalue weighted by atomic mass is 32.1. The van der Waals surface area contributed by atoms with Crippen molar-refractivity contribution in [3.8, 4) is 11.5 Å². The number of ether oxygens (including phenoxy) is 2. The van der Waals surface area contributed by atoms with Crippen LogP contribution in [0.1, 0.15) is 11.6 Å². The number of hydrogen-bond acceptors (Lipinski definition) is 3. The number of nitrogens with one attached hydrogen (secondary N) is 2. The van der Waals surface area contributed by atoms with Crippen molar-refractivity contribution in [3.05, 3.63) is 54.1 Å². The first-order chi connectivity index (χ1) is 10.3. The molecule has 4 nitrogen and oxygen atoms in total. The Hall–Kier alpha value is -2.27. The Morgan fingerprint density at radius 2 is 1.95 bits per heavy atom. The van der Waals surface area contributed by atoms with Gasteiger partial charge < -0.3 is 20.1 Å². The number of benzene rings is 2. The molecule has 2 aromatic rings. The summed E-state index contributed by atoms with van der Waals surface area (Å²) in [7, 11) is 1.64. The molecule has 1 aliphatic heterocycles. The van der Waals surface area contributed by atoms with Crippen molar-refractivity contribution in [2.75, 3.05) is 19.0 Å². The van der Waals surface area contributed by atoms with Gasteiger partial charge in [-0.15, -0.1) is 0 Å². The van der Waals surface area contributed by atoms with Crippen LogP contribution < -0.4 is 20.1 Å². The van der Waals surface area contributed by atoms with Crippen LogP contribution in [0.15, 0.2) is 48.5 Å². The molecule has 0 fully saturated rings. The fourth-order valence-corrected chi connectivity index (χ4v) is 2.60. The lowest BCUT2D eigenvalue weighted by Gasteiger charge is -2.16. The smallest absolute Gasteiger partial charge is 0.171 e. The molecule has 5 heteroatoms. The maximum atomic E-state index is 5.63. The molecule has 21 heavy (non-hydrogen) atoms. The van der Waals surface area contributed by atoms with E-state index in [0.717, 1.165) is 22.7 Å². The zero-order valence-electron chi connectivity index (χ0n) is 11.6. The van der Waals surface area contributed by atoms with Gasteiger partial charge in [0.2, 0.25) is 0 Å². The first-order valence-corrected chi connectivity index (χ1v) is 7.11. The van der Waals surface area contributed by atoms with Crippen molar-refractivity contribution < 1.29 is 9.47 Å². The van der Waals surface area contributed by atoms with E-state index in [0.29, 0.717) is 11.7 Å². The normalized spacial score (nSPS) is 15.8. The van der Waals surface area contributed by atoms with Crippen molar-refractivity contribution in [3.63, 3.8) is 0 Å². The first-order valence-electron chi connectivity index (χ1n) is 6.70. The highest BCUT2D eigenvalue weighted by Crippen LogP contribution is 2.31. The van der Waals surface area contributed by atoms with Crippen LogP contribution in [0, 0.1) is 0 Å². The average molecular weight is 300 g/mol. The Bertz CT molecular complexity index is 660. The van der Waals surface area contributed by atoms with Crippen molar-refractivity contribution in [2.45, 2.75) is 6.04 Å². The molecule has 0 radical (unpaired) electrons. The molecule has 1 atom stereocenters. The predicted molar refractivity (Wildman–Crippen MR) is 87.0 cm³/mol. The lowest BCUT2D eigenvalue weighted by Crippen LogP contribution is -2.33. The minimum Gasteiger partial charge on any atom is -0.495 e. The fourth-order valence-electron chi connectivity index (χ4n) is 2.35. The van der Waals surface area contributed by atoms with Crippen LogP contribution >= 0.6 is 12.2 Å². The van der Waals surface area contributed by atoms with Gasteiger partial charge in [-0.2, -0.15) is 0 Å². The number of thiocarbonyl (C=S) groups is 1. The fraction of sp³-hybridized carbons (Fsp3) is 0.188. The first kappa shape index (κ1) is 13.7. The molecule has 0 aliphatic carbocycles. The maximum Gasteiger partial charge on any atom is 0.171 e. The molecule has 1 heterocycles. The number of rotatable bonds is 3. The van der Waals surface area contributed by atoms with Crippen molar-refractivity contribution in [2.24, 2.45) is 0 Å². The highest BCUT2D eigenvalue weighted by molar-refractivity contribution is 7.80. The van der Waals surface area contributed by atoms with Gasteiger partial charge in [0.15, 0.2) is 5.11 Å². The third kappa shape index (κ3) is 2.92. The summed E-state index contributed by atoms with van der Waals surface area (Å²) in [6.45, 7) is 0.576. The van der Waals surface area contributed by atoms with E-state index in [9.17, 15) is 0 Å². The molecule has 2 N–H and O–H groups in total. The van der Waals surface area contributed by atoms with Crippen LogP contribution in [0.5, 0.6) is 11.5 Å². The third-order valence-electron chi connectivity index (χ3n) is 3.36. The second kappa shape index (κ2) is 6.01. The molecule has 108 valence electrons. The van der Waals surface area contributed by atoms with Gasteiger partial charge in [0.1, 0.15) is 18.1 Å². The minimum atomic E-state index is 0.0657. The second-order valence-corrected chi connectivity index (χ2v) is 5.11. The molecule has 0 amide bonds. The summed E-state index contributed by atoms with van der Waals surface area (Å²) in [4.78, 5) is 0. The topological polar surface area (TPSA) is 42.5 Å². The lowest BCUT2D eigenvalue weighted by molar-refractivity contribution is 0.325. The van der Waals surface area contributed by atoms with Gasteiger partial charge in [0.05, 0.1) is 18.8 Å². The van der Waals surface area contributed by atoms with Crippen LogP contribution in [-0.4, -0.2) is 18.8 Å². The summed E-state index contributed by atoms with van der Waals surface area (Å²) < 4.78 is 10.9. The van der Waals surface area contributed by atoms with Crippen LogP contribution in [0.25, 0.3) is 0 Å². The van der Waals surface area contributed by atoms with Gasteiger partial charge in [-0.1, -0.05) is 30.3 Å². The minimum absolute atomic E-state index is 0.0657. The molecule has 3 rings (SSSR count). The molecule has 0 saturated carbocycles. The second-order valence-electron chi connectivity index (χ2n) is 4.70. The van der Waals surface area contributed by atoms with Crippen LogP contribution in [0.4, 0.5) is 5.69 Å². The van der Waals surface area contributed by atoms with Gasteiger partial charge in [-0.25, -0.2) is 0 Å². The molecule has 0 bridgehead atoms. The summed E-state index contributed by atoms with van der Waals surface area (Å²) in [6, 6.07) is 15.7. The van der Waals surface area contributed by atoms with Crippen molar-refractivity contribution >= 4 is 23.0 Å². The molecule has 2 aromatic carbocycles. The Labute approximate surface area is 129 Å². The molecule has 0 spiro atoms. The zero-order chi connectivity index (χ0) is 14.7. The molecular formula is C16H16N2O2S. The van der Waals surface area contributed by atoms with E-state index in [1.165, 1.54) is 0 Å². The van der Waals surface area contributed by atoms with Gasteiger partial charge in [0, 0.05) is 5.56 Å². The monoisotopic (exact) mass is 300 g/mol. The number of fused-ring (bicyclic) bond motifs is 1. The summed E-state index contributed by atoms with van der Waals surface area (Å²) in [5.74, 6) is 1.67. The third-order valence-corrected chi connectivity index (χ3v) is 3.58. The van der Waals surface area contributed by atoms with E-state index >= 15 is 0 Å². The maximum absolute atomic E-state index is 5.63. The zero-order valence-corrected chi connectivity index (χ0v) is 12.4. The van der Waals surface area contributed by atoms with E-state index < -0.39 is 0 Å². The lowest BCUT2D eigenvalue weighted by atomic mass is 10.1. The number of hydrogen-bond donors (Lipinski definition) is 2.